The van der Waals surface area contributed by atoms with Gasteiger partial charge in [0.2, 0.25) is 0 Å². The Labute approximate surface area is 118 Å². The summed E-state index contributed by atoms with van der Waals surface area (Å²) in [7, 11) is 1.23. The van der Waals surface area contributed by atoms with Crippen LogP contribution in [-0.4, -0.2) is 26.3 Å². The van der Waals surface area contributed by atoms with E-state index >= 15 is 0 Å². The molecule has 0 saturated heterocycles. The molecule has 0 unspecified atom stereocenters. The second-order valence-electron chi connectivity index (χ2n) is 3.73. The lowest BCUT2D eigenvalue weighted by atomic mass is 10.1. The van der Waals surface area contributed by atoms with E-state index in [2.05, 4.69) is 4.74 Å². The van der Waals surface area contributed by atoms with Gasteiger partial charge in [-0.05, 0) is 38.1 Å². The number of hydrogen-bond donors (Lipinski definition) is 0. The fourth-order valence-corrected chi connectivity index (χ4v) is 1.59. The normalized spacial score (nSPS) is 10.6. The highest BCUT2D eigenvalue weighted by atomic mass is 16.5. The summed E-state index contributed by atoms with van der Waals surface area (Å²) in [4.78, 5) is 11.4. The third kappa shape index (κ3) is 4.02. The molecular formula is C15H17NO4. The molecule has 0 radical (unpaired) electrons. The predicted octanol–water partition coefficient (Wildman–Crippen LogP) is 2.56. The Balaban J connectivity index is 3.24. The summed E-state index contributed by atoms with van der Waals surface area (Å²) in [6.45, 7) is 4.74. The number of rotatable bonds is 6. The van der Waals surface area contributed by atoms with Crippen LogP contribution in [0.1, 0.15) is 19.4 Å². The minimum Gasteiger partial charge on any atom is -0.494 e. The molecular weight excluding hydrogens is 258 g/mol. The van der Waals surface area contributed by atoms with Gasteiger partial charge in [-0.15, -0.1) is 0 Å². The van der Waals surface area contributed by atoms with Crippen molar-refractivity contribution >= 4 is 12.0 Å². The highest BCUT2D eigenvalue weighted by molar-refractivity contribution is 5.98. The zero-order chi connectivity index (χ0) is 15.0. The van der Waals surface area contributed by atoms with E-state index < -0.39 is 5.97 Å². The lowest BCUT2D eigenvalue weighted by Gasteiger charge is -2.10. The highest BCUT2D eigenvalue weighted by Gasteiger charge is 2.11. The summed E-state index contributed by atoms with van der Waals surface area (Å²) in [5, 5.41) is 8.99. The summed E-state index contributed by atoms with van der Waals surface area (Å²) >= 11 is 0. The Bertz CT molecular complexity index is 543. The van der Waals surface area contributed by atoms with Gasteiger partial charge in [-0.2, -0.15) is 5.26 Å². The topological polar surface area (TPSA) is 68.5 Å². The van der Waals surface area contributed by atoms with Crippen molar-refractivity contribution in [2.45, 2.75) is 13.8 Å². The largest absolute Gasteiger partial charge is 0.494 e. The molecule has 20 heavy (non-hydrogen) atoms. The zero-order valence-electron chi connectivity index (χ0n) is 11.8. The van der Waals surface area contributed by atoms with E-state index in [1.165, 1.54) is 13.2 Å². The summed E-state index contributed by atoms with van der Waals surface area (Å²) in [6.07, 6.45) is 1.43. The molecule has 5 nitrogen and oxygen atoms in total. The molecule has 0 N–H and O–H groups in total. The third-order valence-corrected chi connectivity index (χ3v) is 2.42. The van der Waals surface area contributed by atoms with Gasteiger partial charge >= 0.3 is 5.97 Å². The first kappa shape index (κ1) is 15.6. The van der Waals surface area contributed by atoms with Crippen molar-refractivity contribution < 1.29 is 19.0 Å². The Morgan fingerprint density at radius 3 is 2.55 bits per heavy atom. The van der Waals surface area contributed by atoms with Crippen molar-refractivity contribution in [3.63, 3.8) is 0 Å². The van der Waals surface area contributed by atoms with Gasteiger partial charge in [0.05, 0.1) is 20.3 Å². The monoisotopic (exact) mass is 275 g/mol. The van der Waals surface area contributed by atoms with Crippen LogP contribution in [-0.2, 0) is 9.53 Å². The molecule has 0 spiro atoms. The quantitative estimate of drug-likeness (QED) is 0.453. The van der Waals surface area contributed by atoms with Gasteiger partial charge in [0.1, 0.15) is 23.1 Å². The standard InChI is InChI=1S/C15H17NO4/c1-4-19-13-6-7-14(20-5-2)11(9-13)8-12(10-16)15(17)18-3/h6-9H,4-5H2,1-3H3. The molecule has 0 atom stereocenters. The smallest absolute Gasteiger partial charge is 0.348 e. The Hall–Kier alpha value is -2.48. The molecule has 106 valence electrons. The second kappa shape index (κ2) is 7.85. The summed E-state index contributed by atoms with van der Waals surface area (Å²) in [5.41, 5.74) is 0.502. The first-order valence-electron chi connectivity index (χ1n) is 6.26. The molecule has 0 bridgehead atoms. The van der Waals surface area contributed by atoms with Crippen molar-refractivity contribution in [3.05, 3.63) is 29.3 Å². The number of methoxy groups -OCH3 is 1. The van der Waals surface area contributed by atoms with Crippen LogP contribution in [0.15, 0.2) is 23.8 Å². The fraction of sp³-hybridized carbons (Fsp3) is 0.333. The van der Waals surface area contributed by atoms with E-state index in [0.717, 1.165) is 0 Å². The SMILES string of the molecule is CCOc1ccc(OCC)c(C=C(C#N)C(=O)OC)c1. The van der Waals surface area contributed by atoms with Gasteiger partial charge in [-0.25, -0.2) is 4.79 Å². The molecule has 0 saturated carbocycles. The maximum atomic E-state index is 11.4. The van der Waals surface area contributed by atoms with Crippen LogP contribution in [0.5, 0.6) is 11.5 Å². The van der Waals surface area contributed by atoms with Gasteiger partial charge in [-0.3, -0.25) is 0 Å². The van der Waals surface area contributed by atoms with Gasteiger partial charge < -0.3 is 14.2 Å². The van der Waals surface area contributed by atoms with Crippen LogP contribution in [0, 0.1) is 11.3 Å². The third-order valence-electron chi connectivity index (χ3n) is 2.42. The van der Waals surface area contributed by atoms with Crippen LogP contribution < -0.4 is 9.47 Å². The first-order valence-corrected chi connectivity index (χ1v) is 6.26. The molecule has 1 aromatic carbocycles. The molecule has 0 aromatic heterocycles. The van der Waals surface area contributed by atoms with Crippen molar-refractivity contribution in [2.24, 2.45) is 0 Å². The van der Waals surface area contributed by atoms with Crippen molar-refractivity contribution in [3.8, 4) is 17.6 Å². The number of nitriles is 1. The molecule has 0 aliphatic heterocycles. The van der Waals surface area contributed by atoms with E-state index in [1.54, 1.807) is 18.2 Å². The Morgan fingerprint density at radius 2 is 2.00 bits per heavy atom. The van der Waals surface area contributed by atoms with Crippen LogP contribution >= 0.6 is 0 Å². The summed E-state index contributed by atoms with van der Waals surface area (Å²) in [5.74, 6) is 0.536. The average molecular weight is 275 g/mol. The average Bonchev–Trinajstić information content (AvgIpc) is 2.46. The van der Waals surface area contributed by atoms with Crippen LogP contribution in [0.4, 0.5) is 0 Å². The van der Waals surface area contributed by atoms with E-state index in [4.69, 9.17) is 14.7 Å². The number of carbonyl (C=O) groups is 1. The molecule has 5 heteroatoms. The number of benzene rings is 1. The Kier molecular flexibility index (Phi) is 6.11. The molecule has 0 heterocycles. The van der Waals surface area contributed by atoms with Gasteiger partial charge in [-0.1, -0.05) is 0 Å². The summed E-state index contributed by atoms with van der Waals surface area (Å²) in [6, 6.07) is 7.05. The number of nitrogens with zero attached hydrogens (tertiary/aromatic N) is 1. The lowest BCUT2D eigenvalue weighted by Crippen LogP contribution is -2.03. The van der Waals surface area contributed by atoms with Crippen molar-refractivity contribution in [1.29, 1.82) is 5.26 Å². The minimum atomic E-state index is -0.684. The number of esters is 1. The fourth-order valence-electron chi connectivity index (χ4n) is 1.59. The van der Waals surface area contributed by atoms with Crippen molar-refractivity contribution in [1.82, 2.24) is 0 Å². The van der Waals surface area contributed by atoms with Crippen LogP contribution in [0.2, 0.25) is 0 Å². The van der Waals surface area contributed by atoms with E-state index in [-0.39, 0.29) is 5.57 Å². The van der Waals surface area contributed by atoms with Gasteiger partial charge in [0, 0.05) is 5.56 Å². The summed E-state index contributed by atoms with van der Waals surface area (Å²) < 4.78 is 15.4. The number of carbonyl (C=O) groups excluding carboxylic acids is 1. The maximum Gasteiger partial charge on any atom is 0.348 e. The van der Waals surface area contributed by atoms with Crippen molar-refractivity contribution in [2.75, 3.05) is 20.3 Å². The maximum absolute atomic E-state index is 11.4. The van der Waals surface area contributed by atoms with Crippen LogP contribution in [0.25, 0.3) is 6.08 Å². The van der Waals surface area contributed by atoms with Crippen LogP contribution in [0.3, 0.4) is 0 Å². The molecule has 0 amide bonds. The zero-order valence-corrected chi connectivity index (χ0v) is 11.8. The second-order valence-corrected chi connectivity index (χ2v) is 3.73. The molecule has 1 aromatic rings. The van der Waals surface area contributed by atoms with E-state index in [9.17, 15) is 4.79 Å². The minimum absolute atomic E-state index is 0.0953. The molecule has 1 rings (SSSR count). The number of ether oxygens (including phenoxy) is 3. The lowest BCUT2D eigenvalue weighted by molar-refractivity contribution is -0.135. The van der Waals surface area contributed by atoms with E-state index in [1.807, 2.05) is 19.9 Å². The first-order chi connectivity index (χ1) is 9.65. The predicted molar refractivity (Wildman–Crippen MR) is 74.4 cm³/mol. The Morgan fingerprint density at radius 1 is 1.30 bits per heavy atom. The van der Waals surface area contributed by atoms with Gasteiger partial charge in [0.25, 0.3) is 0 Å². The molecule has 0 aliphatic rings. The molecule has 0 aliphatic carbocycles. The highest BCUT2D eigenvalue weighted by Crippen LogP contribution is 2.26. The van der Waals surface area contributed by atoms with E-state index in [0.29, 0.717) is 30.3 Å². The number of hydrogen-bond acceptors (Lipinski definition) is 5. The molecule has 0 fully saturated rings. The van der Waals surface area contributed by atoms with Gasteiger partial charge in [0.15, 0.2) is 0 Å².